The third kappa shape index (κ3) is 4.26. The Morgan fingerprint density at radius 1 is 1.00 bits per heavy atom. The van der Waals surface area contributed by atoms with E-state index in [0.29, 0.717) is 16.5 Å². The molecular weight excluding hydrogens is 442 g/mol. The molecule has 0 aromatic heterocycles. The number of para-hydroxylation sites is 2. The molecule has 1 atom stereocenters. The van der Waals surface area contributed by atoms with Crippen LogP contribution in [0.25, 0.3) is 0 Å². The maximum Gasteiger partial charge on any atom is 0.265 e. The molecule has 0 N–H and O–H groups in total. The van der Waals surface area contributed by atoms with E-state index in [1.165, 1.54) is 40.4 Å². The second-order valence-corrected chi connectivity index (χ2v) is 9.76. The number of fused-ring (bicyclic) bond motifs is 1. The molecule has 1 saturated heterocycles. The number of anilines is 1. The number of benzene rings is 2. The molecule has 8 nitrogen and oxygen atoms in total. The first-order chi connectivity index (χ1) is 14.8. The van der Waals surface area contributed by atoms with E-state index in [-0.39, 0.29) is 49.4 Å². The zero-order valence-electron chi connectivity index (χ0n) is 16.9. The third-order valence-corrected chi connectivity index (χ3v) is 7.60. The number of ether oxygens (including phenoxy) is 1. The van der Waals surface area contributed by atoms with Gasteiger partial charge in [0, 0.05) is 38.1 Å². The average molecular weight is 464 g/mol. The van der Waals surface area contributed by atoms with Gasteiger partial charge in [-0.3, -0.25) is 9.59 Å². The summed E-state index contributed by atoms with van der Waals surface area (Å²) in [4.78, 5) is 28.4. The molecule has 0 radical (unpaired) electrons. The van der Waals surface area contributed by atoms with Crippen LogP contribution < -0.4 is 9.64 Å². The Morgan fingerprint density at radius 3 is 2.29 bits per heavy atom. The number of halogens is 1. The fraction of sp³-hybridized carbons (Fsp3) is 0.333. The van der Waals surface area contributed by atoms with Crippen LogP contribution in [-0.4, -0.2) is 68.3 Å². The number of carbonyl (C=O) groups excluding carboxylic acids is 2. The SMILES string of the molecule is CC(=O)N1CC(C(=O)N2CCN(S(=O)(=O)c3ccc(Cl)cc3)CC2)Oc2ccccc21. The molecule has 2 amide bonds. The van der Waals surface area contributed by atoms with E-state index in [4.69, 9.17) is 16.3 Å². The highest BCUT2D eigenvalue weighted by atomic mass is 35.5. The van der Waals surface area contributed by atoms with Crippen molar-refractivity contribution in [1.82, 2.24) is 9.21 Å². The standard InChI is InChI=1S/C21H22ClN3O5S/c1-15(26)25-14-20(30-19-5-3-2-4-18(19)25)21(27)23-10-12-24(13-11-23)31(28,29)17-8-6-16(22)7-9-17/h2-9,20H,10-14H2,1H3. The molecule has 10 heteroatoms. The summed E-state index contributed by atoms with van der Waals surface area (Å²) in [7, 11) is -3.66. The smallest absolute Gasteiger partial charge is 0.265 e. The average Bonchev–Trinajstić information content (AvgIpc) is 2.78. The van der Waals surface area contributed by atoms with Crippen LogP contribution in [0.2, 0.25) is 5.02 Å². The summed E-state index contributed by atoms with van der Waals surface area (Å²) >= 11 is 5.85. The summed E-state index contributed by atoms with van der Waals surface area (Å²) in [5.74, 6) is 0.0444. The van der Waals surface area contributed by atoms with Crippen molar-refractivity contribution in [2.24, 2.45) is 0 Å². The molecule has 0 spiro atoms. The predicted octanol–water partition coefficient (Wildman–Crippen LogP) is 1.99. The Labute approximate surface area is 186 Å². The van der Waals surface area contributed by atoms with Crippen molar-refractivity contribution in [3.8, 4) is 5.75 Å². The van der Waals surface area contributed by atoms with Gasteiger partial charge in [0.05, 0.1) is 17.1 Å². The first-order valence-electron chi connectivity index (χ1n) is 9.85. The first-order valence-corrected chi connectivity index (χ1v) is 11.7. The van der Waals surface area contributed by atoms with Crippen LogP contribution in [0.5, 0.6) is 5.75 Å². The van der Waals surface area contributed by atoms with Gasteiger partial charge in [-0.05, 0) is 36.4 Å². The van der Waals surface area contributed by atoms with Gasteiger partial charge in [-0.25, -0.2) is 8.42 Å². The van der Waals surface area contributed by atoms with Gasteiger partial charge < -0.3 is 14.5 Å². The number of piperazine rings is 1. The quantitative estimate of drug-likeness (QED) is 0.694. The number of nitrogens with zero attached hydrogens (tertiary/aromatic N) is 3. The molecule has 2 aromatic rings. The molecule has 1 unspecified atom stereocenters. The van der Waals surface area contributed by atoms with Crippen LogP contribution in [0.3, 0.4) is 0 Å². The molecule has 0 saturated carbocycles. The second kappa shape index (κ2) is 8.49. The van der Waals surface area contributed by atoms with Crippen molar-refractivity contribution in [1.29, 1.82) is 0 Å². The second-order valence-electron chi connectivity index (χ2n) is 7.39. The number of rotatable bonds is 3. The van der Waals surface area contributed by atoms with Crippen LogP contribution in [-0.2, 0) is 19.6 Å². The summed E-state index contributed by atoms with van der Waals surface area (Å²) in [5, 5.41) is 0.461. The molecule has 31 heavy (non-hydrogen) atoms. The van der Waals surface area contributed by atoms with Gasteiger partial charge in [0.2, 0.25) is 15.9 Å². The third-order valence-electron chi connectivity index (χ3n) is 5.43. The summed E-state index contributed by atoms with van der Waals surface area (Å²) in [6.45, 7) is 2.41. The topological polar surface area (TPSA) is 87.2 Å². The van der Waals surface area contributed by atoms with Crippen molar-refractivity contribution < 1.29 is 22.7 Å². The lowest BCUT2D eigenvalue weighted by atomic mass is 10.1. The lowest BCUT2D eigenvalue weighted by Crippen LogP contribution is -2.56. The monoisotopic (exact) mass is 463 g/mol. The first kappa shape index (κ1) is 21.6. The molecular formula is C21H22ClN3O5S. The lowest BCUT2D eigenvalue weighted by Gasteiger charge is -2.38. The van der Waals surface area contributed by atoms with Crippen molar-refractivity contribution in [2.45, 2.75) is 17.9 Å². The van der Waals surface area contributed by atoms with E-state index in [2.05, 4.69) is 0 Å². The van der Waals surface area contributed by atoms with E-state index in [0.717, 1.165) is 0 Å². The Balaban J connectivity index is 1.44. The van der Waals surface area contributed by atoms with E-state index in [9.17, 15) is 18.0 Å². The van der Waals surface area contributed by atoms with Gasteiger partial charge in [0.15, 0.2) is 6.10 Å². The van der Waals surface area contributed by atoms with Crippen LogP contribution in [0.4, 0.5) is 5.69 Å². The maximum absolute atomic E-state index is 13.1. The van der Waals surface area contributed by atoms with Crippen molar-refractivity contribution >= 4 is 39.1 Å². The van der Waals surface area contributed by atoms with E-state index in [1.807, 2.05) is 0 Å². The fourth-order valence-corrected chi connectivity index (χ4v) is 5.32. The molecule has 2 aliphatic rings. The van der Waals surface area contributed by atoms with Crippen LogP contribution in [0.1, 0.15) is 6.92 Å². The molecule has 164 valence electrons. The fourth-order valence-electron chi connectivity index (χ4n) is 3.77. The Morgan fingerprint density at radius 2 is 1.65 bits per heavy atom. The highest BCUT2D eigenvalue weighted by Crippen LogP contribution is 2.33. The van der Waals surface area contributed by atoms with Crippen molar-refractivity contribution in [3.63, 3.8) is 0 Å². The van der Waals surface area contributed by atoms with Crippen LogP contribution in [0.15, 0.2) is 53.4 Å². The molecule has 0 bridgehead atoms. The summed E-state index contributed by atoms with van der Waals surface area (Å²) < 4.78 is 32.9. The van der Waals surface area contributed by atoms with E-state index < -0.39 is 16.1 Å². The number of hydrogen-bond acceptors (Lipinski definition) is 5. The number of carbonyl (C=O) groups is 2. The molecule has 4 rings (SSSR count). The lowest BCUT2D eigenvalue weighted by molar-refractivity contribution is -0.140. The normalized spacial score (nSPS) is 19.5. The van der Waals surface area contributed by atoms with Crippen molar-refractivity contribution in [2.75, 3.05) is 37.6 Å². The zero-order chi connectivity index (χ0) is 22.2. The minimum absolute atomic E-state index is 0.120. The summed E-state index contributed by atoms with van der Waals surface area (Å²) in [5.41, 5.74) is 0.637. The molecule has 0 aliphatic carbocycles. The number of hydrogen-bond donors (Lipinski definition) is 0. The highest BCUT2D eigenvalue weighted by Gasteiger charge is 2.37. The molecule has 2 heterocycles. The Hall–Kier alpha value is -2.62. The van der Waals surface area contributed by atoms with Crippen LogP contribution in [0, 0.1) is 0 Å². The maximum atomic E-state index is 13.1. The van der Waals surface area contributed by atoms with Gasteiger partial charge in [0.25, 0.3) is 5.91 Å². The van der Waals surface area contributed by atoms with Crippen LogP contribution >= 0.6 is 11.6 Å². The minimum Gasteiger partial charge on any atom is -0.476 e. The minimum atomic E-state index is -3.66. The molecule has 2 aromatic carbocycles. The van der Waals surface area contributed by atoms with Crippen molar-refractivity contribution in [3.05, 3.63) is 53.6 Å². The van der Waals surface area contributed by atoms with Gasteiger partial charge in [-0.1, -0.05) is 23.7 Å². The number of amides is 2. The molecule has 1 fully saturated rings. The van der Waals surface area contributed by atoms with Gasteiger partial charge in [-0.15, -0.1) is 0 Å². The Bertz CT molecular complexity index is 1100. The highest BCUT2D eigenvalue weighted by molar-refractivity contribution is 7.89. The van der Waals surface area contributed by atoms with E-state index in [1.54, 1.807) is 29.2 Å². The number of sulfonamides is 1. The largest absolute Gasteiger partial charge is 0.476 e. The van der Waals surface area contributed by atoms with Gasteiger partial charge >= 0.3 is 0 Å². The predicted molar refractivity (Wildman–Crippen MR) is 116 cm³/mol. The molecule has 2 aliphatic heterocycles. The summed E-state index contributed by atoms with van der Waals surface area (Å²) in [6, 6.07) is 13.1. The summed E-state index contributed by atoms with van der Waals surface area (Å²) in [6.07, 6.45) is -0.835. The van der Waals surface area contributed by atoms with E-state index >= 15 is 0 Å². The van der Waals surface area contributed by atoms with Gasteiger partial charge in [0.1, 0.15) is 5.75 Å². The zero-order valence-corrected chi connectivity index (χ0v) is 18.5. The van der Waals surface area contributed by atoms with Gasteiger partial charge in [-0.2, -0.15) is 4.31 Å². The Kier molecular flexibility index (Phi) is 5.92.